The van der Waals surface area contributed by atoms with Crippen molar-refractivity contribution in [2.24, 2.45) is 0 Å². The second kappa shape index (κ2) is 3.48. The number of tetrazole rings is 2. The molecule has 0 N–H and O–H groups in total. The molecule has 8 heteroatoms. The second-order valence-corrected chi connectivity index (χ2v) is 3.03. The van der Waals surface area contributed by atoms with Gasteiger partial charge >= 0.3 is 0 Å². The van der Waals surface area contributed by atoms with Gasteiger partial charge in [0.1, 0.15) is 6.33 Å². The molecule has 0 aliphatic carbocycles. The molecule has 0 saturated carbocycles. The molecule has 0 radical (unpaired) electrons. The summed E-state index contributed by atoms with van der Waals surface area (Å²) in [6.07, 6.45) is 2.97. The number of aromatic nitrogens is 8. The van der Waals surface area contributed by atoms with Crippen LogP contribution in [0.2, 0.25) is 0 Å². The molecular weight excluding hydrogens is 184 g/mol. The molecule has 2 aromatic heterocycles. The average molecular weight is 194 g/mol. The Morgan fingerprint density at radius 2 is 1.93 bits per heavy atom. The maximum absolute atomic E-state index is 3.96. The smallest absolute Gasteiger partial charge is 0.162 e. The Morgan fingerprint density at radius 1 is 1.07 bits per heavy atom. The van der Waals surface area contributed by atoms with Crippen LogP contribution in [0.15, 0.2) is 12.7 Å². The van der Waals surface area contributed by atoms with Gasteiger partial charge in [0.25, 0.3) is 0 Å². The van der Waals surface area contributed by atoms with Crippen LogP contribution in [0.3, 0.4) is 0 Å². The summed E-state index contributed by atoms with van der Waals surface area (Å²) in [6.45, 7) is 3.97. The van der Waals surface area contributed by atoms with Crippen molar-refractivity contribution in [1.29, 1.82) is 0 Å². The number of nitrogens with zero attached hydrogens (tertiary/aromatic N) is 8. The van der Waals surface area contributed by atoms with Crippen molar-refractivity contribution in [2.45, 2.75) is 25.9 Å². The van der Waals surface area contributed by atoms with E-state index < -0.39 is 0 Å². The summed E-state index contributed by atoms with van der Waals surface area (Å²) in [5.74, 6) is 0. The van der Waals surface area contributed by atoms with Gasteiger partial charge in [-0.25, -0.2) is 4.68 Å². The summed E-state index contributed by atoms with van der Waals surface area (Å²) >= 11 is 0. The highest BCUT2D eigenvalue weighted by Crippen LogP contribution is 2.18. The lowest BCUT2D eigenvalue weighted by Gasteiger charge is -2.17. The van der Waals surface area contributed by atoms with Gasteiger partial charge in [-0.05, 0) is 29.5 Å². The fraction of sp³-hybridized carbons (Fsp3) is 0.667. The van der Waals surface area contributed by atoms with E-state index in [0.29, 0.717) is 0 Å². The monoisotopic (exact) mass is 194 g/mol. The fourth-order valence-electron chi connectivity index (χ4n) is 1.13. The molecule has 0 bridgehead atoms. The largest absolute Gasteiger partial charge is 0.228 e. The zero-order valence-electron chi connectivity index (χ0n) is 7.89. The topological polar surface area (TPSA) is 87.2 Å². The third kappa shape index (κ3) is 1.45. The molecule has 74 valence electrons. The summed E-state index contributed by atoms with van der Waals surface area (Å²) in [6, 6.07) is 0.139. The normalized spacial score (nSPS) is 15.3. The summed E-state index contributed by atoms with van der Waals surface area (Å²) < 4.78 is 1.66. The highest BCUT2D eigenvalue weighted by molar-refractivity contribution is 4.68. The minimum atomic E-state index is 0.0565. The quantitative estimate of drug-likeness (QED) is 0.653. The first-order chi connectivity index (χ1) is 6.79. The van der Waals surface area contributed by atoms with Gasteiger partial charge in [-0.2, -0.15) is 4.80 Å². The van der Waals surface area contributed by atoms with Gasteiger partial charge in [0, 0.05) is 0 Å². The van der Waals surface area contributed by atoms with Crippen LogP contribution in [-0.2, 0) is 0 Å². The maximum Gasteiger partial charge on any atom is 0.162 e. The van der Waals surface area contributed by atoms with E-state index in [4.69, 9.17) is 0 Å². The third-order valence-corrected chi connectivity index (χ3v) is 2.21. The Labute approximate surface area is 79.9 Å². The van der Waals surface area contributed by atoms with Crippen LogP contribution in [0.4, 0.5) is 0 Å². The van der Waals surface area contributed by atoms with Crippen LogP contribution < -0.4 is 0 Å². The summed E-state index contributed by atoms with van der Waals surface area (Å²) in [7, 11) is 0. The van der Waals surface area contributed by atoms with Crippen LogP contribution in [0.5, 0.6) is 0 Å². The van der Waals surface area contributed by atoms with E-state index in [0.717, 1.165) is 0 Å². The van der Waals surface area contributed by atoms with Crippen molar-refractivity contribution in [3.05, 3.63) is 12.7 Å². The van der Waals surface area contributed by atoms with Gasteiger partial charge in [-0.1, -0.05) is 0 Å². The van der Waals surface area contributed by atoms with E-state index in [2.05, 4.69) is 30.9 Å². The summed E-state index contributed by atoms with van der Waals surface area (Å²) in [5, 5.41) is 22.4. The van der Waals surface area contributed by atoms with Crippen LogP contribution in [-0.4, -0.2) is 40.4 Å². The molecule has 8 nitrogen and oxygen atoms in total. The molecule has 2 atom stereocenters. The maximum atomic E-state index is 3.96. The lowest BCUT2D eigenvalue weighted by molar-refractivity contribution is 0.291. The molecule has 2 aromatic rings. The lowest BCUT2D eigenvalue weighted by atomic mass is 10.2. The summed E-state index contributed by atoms with van der Waals surface area (Å²) in [4.78, 5) is 1.53. The van der Waals surface area contributed by atoms with E-state index in [9.17, 15) is 0 Å². The Morgan fingerprint density at radius 3 is 2.50 bits per heavy atom. The molecule has 0 fully saturated rings. The van der Waals surface area contributed by atoms with Gasteiger partial charge in [-0.15, -0.1) is 15.3 Å². The van der Waals surface area contributed by atoms with E-state index in [1.165, 1.54) is 11.1 Å². The molecule has 0 aliphatic heterocycles. The van der Waals surface area contributed by atoms with Crippen molar-refractivity contribution in [2.75, 3.05) is 0 Å². The first kappa shape index (κ1) is 8.73. The minimum absolute atomic E-state index is 0.0565. The van der Waals surface area contributed by atoms with Gasteiger partial charge in [-0.3, -0.25) is 0 Å². The zero-order valence-corrected chi connectivity index (χ0v) is 7.89. The average Bonchev–Trinajstić information content (AvgIpc) is 2.87. The van der Waals surface area contributed by atoms with Gasteiger partial charge in [0.2, 0.25) is 0 Å². The number of hydrogen-bond donors (Lipinski definition) is 0. The Bertz CT molecular complexity index is 326. The summed E-state index contributed by atoms with van der Waals surface area (Å²) in [5.41, 5.74) is 0. The van der Waals surface area contributed by atoms with Crippen molar-refractivity contribution < 1.29 is 0 Å². The fourth-order valence-corrected chi connectivity index (χ4v) is 1.13. The van der Waals surface area contributed by atoms with Gasteiger partial charge in [0.05, 0.1) is 12.1 Å². The van der Waals surface area contributed by atoms with E-state index >= 15 is 0 Å². The minimum Gasteiger partial charge on any atom is -0.228 e. The highest BCUT2D eigenvalue weighted by Gasteiger charge is 2.18. The Kier molecular flexibility index (Phi) is 2.17. The van der Waals surface area contributed by atoms with E-state index in [1.807, 2.05) is 13.8 Å². The molecule has 14 heavy (non-hydrogen) atoms. The van der Waals surface area contributed by atoms with Crippen LogP contribution in [0.25, 0.3) is 0 Å². The second-order valence-electron chi connectivity index (χ2n) is 3.03. The van der Waals surface area contributed by atoms with Crippen molar-refractivity contribution >= 4 is 0 Å². The SMILES string of the molecule is CC(C(C)n1ncnn1)n1cnnn1. The zero-order chi connectivity index (χ0) is 9.97. The van der Waals surface area contributed by atoms with E-state index in [1.54, 1.807) is 11.0 Å². The molecule has 2 heterocycles. The van der Waals surface area contributed by atoms with Crippen LogP contribution >= 0.6 is 0 Å². The van der Waals surface area contributed by atoms with E-state index in [-0.39, 0.29) is 12.1 Å². The number of hydrogen-bond acceptors (Lipinski definition) is 6. The van der Waals surface area contributed by atoms with Crippen LogP contribution in [0.1, 0.15) is 25.9 Å². The van der Waals surface area contributed by atoms with Gasteiger partial charge < -0.3 is 0 Å². The highest BCUT2D eigenvalue weighted by atomic mass is 15.6. The lowest BCUT2D eigenvalue weighted by Crippen LogP contribution is -2.20. The molecule has 0 spiro atoms. The van der Waals surface area contributed by atoms with Crippen LogP contribution in [0, 0.1) is 0 Å². The van der Waals surface area contributed by atoms with Gasteiger partial charge in [0.15, 0.2) is 6.33 Å². The predicted molar refractivity (Wildman–Crippen MR) is 45.1 cm³/mol. The van der Waals surface area contributed by atoms with Crippen molar-refractivity contribution in [1.82, 2.24) is 40.4 Å². The molecule has 0 aliphatic rings. The molecule has 2 rings (SSSR count). The Hall–Kier alpha value is -1.86. The molecule has 2 unspecified atom stereocenters. The molecule has 0 aromatic carbocycles. The number of rotatable bonds is 3. The van der Waals surface area contributed by atoms with Crippen molar-refractivity contribution in [3.8, 4) is 0 Å². The third-order valence-electron chi connectivity index (χ3n) is 2.21. The predicted octanol–water partition coefficient (Wildman–Crippen LogP) is -0.518. The van der Waals surface area contributed by atoms with Crippen molar-refractivity contribution in [3.63, 3.8) is 0 Å². The molecular formula is C6H10N8. The Balaban J connectivity index is 2.16. The molecule has 0 saturated heterocycles. The molecule has 0 amide bonds. The standard InChI is InChI=1S/C6H10N8/c1-5(13-4-8-10-12-13)6(2)14-9-3-7-11-14/h3-6H,1-2H3. The first-order valence-corrected chi connectivity index (χ1v) is 4.24. The first-order valence-electron chi connectivity index (χ1n) is 4.24.